The van der Waals surface area contributed by atoms with Crippen LogP contribution >= 0.6 is 0 Å². The van der Waals surface area contributed by atoms with Crippen molar-refractivity contribution in [1.29, 1.82) is 0 Å². The normalized spacial score (nSPS) is 27.0. The molecule has 1 aliphatic rings. The van der Waals surface area contributed by atoms with Gasteiger partial charge in [-0.15, -0.1) is 0 Å². The highest BCUT2D eigenvalue weighted by Gasteiger charge is 2.46. The van der Waals surface area contributed by atoms with Crippen molar-refractivity contribution in [2.24, 2.45) is 0 Å². The van der Waals surface area contributed by atoms with Gasteiger partial charge in [0.1, 0.15) is 24.9 Å². The molecule has 0 saturated carbocycles. The van der Waals surface area contributed by atoms with Crippen molar-refractivity contribution >= 4 is 11.9 Å². The zero-order valence-electron chi connectivity index (χ0n) is 14.8. The molecule has 0 bridgehead atoms. The summed E-state index contributed by atoms with van der Waals surface area (Å²) in [6.45, 7) is -0.400. The molecule has 5 atom stereocenters. The van der Waals surface area contributed by atoms with E-state index in [1.807, 2.05) is 0 Å². The summed E-state index contributed by atoms with van der Waals surface area (Å²) in [5.41, 5.74) is 0.527. The van der Waals surface area contributed by atoms with E-state index < -0.39 is 49.3 Å². The van der Waals surface area contributed by atoms with E-state index >= 15 is 0 Å². The van der Waals surface area contributed by atoms with Crippen LogP contribution in [0.25, 0.3) is 0 Å². The van der Waals surface area contributed by atoms with Crippen LogP contribution in [0.5, 0.6) is 0 Å². The van der Waals surface area contributed by atoms with Crippen LogP contribution in [0.4, 0.5) is 0 Å². The first-order valence-electron chi connectivity index (χ1n) is 8.65. The van der Waals surface area contributed by atoms with Gasteiger partial charge in [0.05, 0.1) is 11.1 Å². The van der Waals surface area contributed by atoms with E-state index in [2.05, 4.69) is 0 Å². The van der Waals surface area contributed by atoms with Crippen LogP contribution in [-0.2, 0) is 14.2 Å². The van der Waals surface area contributed by atoms with Crippen LogP contribution in [-0.4, -0.2) is 64.6 Å². The van der Waals surface area contributed by atoms with Gasteiger partial charge in [-0.05, 0) is 24.3 Å². The Morgan fingerprint density at radius 1 is 0.821 bits per heavy atom. The molecule has 1 aliphatic heterocycles. The quantitative estimate of drug-likeness (QED) is 0.633. The lowest BCUT2D eigenvalue weighted by molar-refractivity contribution is -0.285. The summed E-state index contributed by atoms with van der Waals surface area (Å²) in [5, 5.41) is 30.6. The van der Waals surface area contributed by atoms with Gasteiger partial charge in [0, 0.05) is 0 Å². The minimum absolute atomic E-state index is 0.218. The highest BCUT2D eigenvalue weighted by molar-refractivity contribution is 5.89. The van der Waals surface area contributed by atoms with E-state index in [0.717, 1.165) is 0 Å². The largest absolute Gasteiger partial charge is 0.459 e. The van der Waals surface area contributed by atoms with E-state index in [0.29, 0.717) is 5.56 Å². The van der Waals surface area contributed by atoms with Gasteiger partial charge in [0.15, 0.2) is 12.4 Å². The second-order valence-corrected chi connectivity index (χ2v) is 6.25. The average molecular weight is 388 g/mol. The molecule has 148 valence electrons. The molecule has 3 rings (SSSR count). The van der Waals surface area contributed by atoms with E-state index in [-0.39, 0.29) is 5.56 Å². The monoisotopic (exact) mass is 388 g/mol. The number of aliphatic hydroxyl groups is 3. The predicted octanol–water partition coefficient (Wildman–Crippen LogP) is 0.508. The molecule has 0 amide bonds. The molecule has 8 nitrogen and oxygen atoms in total. The molecular formula is C20H20O8. The van der Waals surface area contributed by atoms with Gasteiger partial charge in [-0.1, -0.05) is 36.4 Å². The van der Waals surface area contributed by atoms with Crippen LogP contribution in [0.15, 0.2) is 60.7 Å². The van der Waals surface area contributed by atoms with Crippen LogP contribution < -0.4 is 0 Å². The molecule has 1 saturated heterocycles. The molecule has 0 aliphatic carbocycles. The van der Waals surface area contributed by atoms with Gasteiger partial charge in [0.2, 0.25) is 0 Å². The number of rotatable bonds is 5. The molecule has 1 fully saturated rings. The summed E-state index contributed by atoms with van der Waals surface area (Å²) < 4.78 is 15.3. The lowest BCUT2D eigenvalue weighted by Gasteiger charge is -2.39. The van der Waals surface area contributed by atoms with Crippen molar-refractivity contribution in [2.45, 2.75) is 30.7 Å². The minimum Gasteiger partial charge on any atom is -0.459 e. The Balaban J connectivity index is 1.58. The standard InChI is InChI=1S/C20H20O8/c21-15-14(11-26-18(23)12-7-3-1-4-8-12)27-20(25)17(16(15)22)28-19(24)13-9-5-2-6-10-13/h1-10,14-17,20-22,25H,11H2/t14-,15+,16+,17-,20-/m1/s1. The Hall–Kier alpha value is -2.78. The summed E-state index contributed by atoms with van der Waals surface area (Å²) in [5.74, 6) is -1.42. The maximum absolute atomic E-state index is 12.1. The third kappa shape index (κ3) is 4.55. The zero-order chi connectivity index (χ0) is 20.1. The van der Waals surface area contributed by atoms with Crippen molar-refractivity contribution in [2.75, 3.05) is 6.61 Å². The van der Waals surface area contributed by atoms with Crippen molar-refractivity contribution < 1.29 is 39.1 Å². The fourth-order valence-corrected chi connectivity index (χ4v) is 2.77. The summed E-state index contributed by atoms with van der Waals surface area (Å²) in [4.78, 5) is 24.1. The summed E-state index contributed by atoms with van der Waals surface area (Å²) >= 11 is 0. The second kappa shape index (κ2) is 8.94. The van der Waals surface area contributed by atoms with Crippen LogP contribution in [0.2, 0.25) is 0 Å². The molecule has 0 radical (unpaired) electrons. The fraction of sp³-hybridized carbons (Fsp3) is 0.300. The Morgan fingerprint density at radius 3 is 1.93 bits per heavy atom. The average Bonchev–Trinajstić information content (AvgIpc) is 2.73. The summed E-state index contributed by atoms with van der Waals surface area (Å²) in [7, 11) is 0. The number of benzene rings is 2. The zero-order valence-corrected chi connectivity index (χ0v) is 14.8. The molecule has 3 N–H and O–H groups in total. The number of esters is 2. The lowest BCUT2D eigenvalue weighted by atomic mass is 9.99. The van der Waals surface area contributed by atoms with Crippen molar-refractivity contribution in [3.63, 3.8) is 0 Å². The first kappa shape index (κ1) is 20.0. The Labute approximate surface area is 160 Å². The molecule has 2 aromatic rings. The van der Waals surface area contributed by atoms with Crippen molar-refractivity contribution in [3.8, 4) is 0 Å². The van der Waals surface area contributed by atoms with Crippen molar-refractivity contribution in [1.82, 2.24) is 0 Å². The molecule has 2 aromatic carbocycles. The van der Waals surface area contributed by atoms with Crippen molar-refractivity contribution in [3.05, 3.63) is 71.8 Å². The molecule has 28 heavy (non-hydrogen) atoms. The highest BCUT2D eigenvalue weighted by atomic mass is 16.7. The topological polar surface area (TPSA) is 123 Å². The van der Waals surface area contributed by atoms with E-state index in [1.165, 1.54) is 12.1 Å². The Bertz CT molecular complexity index is 792. The summed E-state index contributed by atoms with van der Waals surface area (Å²) in [6.07, 6.45) is -7.56. The number of carbonyl (C=O) groups is 2. The maximum Gasteiger partial charge on any atom is 0.338 e. The molecular weight excluding hydrogens is 368 g/mol. The fourth-order valence-electron chi connectivity index (χ4n) is 2.77. The molecule has 1 heterocycles. The predicted molar refractivity (Wildman–Crippen MR) is 95.3 cm³/mol. The molecule has 0 aromatic heterocycles. The first-order valence-corrected chi connectivity index (χ1v) is 8.65. The van der Waals surface area contributed by atoms with E-state index in [1.54, 1.807) is 48.5 Å². The first-order chi connectivity index (χ1) is 13.5. The smallest absolute Gasteiger partial charge is 0.338 e. The van der Waals surface area contributed by atoms with Gasteiger partial charge in [-0.25, -0.2) is 9.59 Å². The molecule has 0 unspecified atom stereocenters. The van der Waals surface area contributed by atoms with Gasteiger partial charge in [-0.3, -0.25) is 0 Å². The third-order valence-electron chi connectivity index (χ3n) is 4.30. The van der Waals surface area contributed by atoms with Gasteiger partial charge < -0.3 is 29.5 Å². The number of hydrogen-bond donors (Lipinski definition) is 3. The number of hydrogen-bond acceptors (Lipinski definition) is 8. The van der Waals surface area contributed by atoms with Gasteiger partial charge >= 0.3 is 11.9 Å². The van der Waals surface area contributed by atoms with E-state index in [4.69, 9.17) is 14.2 Å². The third-order valence-corrected chi connectivity index (χ3v) is 4.30. The minimum atomic E-state index is -1.70. The lowest BCUT2D eigenvalue weighted by Crippen LogP contribution is -2.60. The Morgan fingerprint density at radius 2 is 1.36 bits per heavy atom. The summed E-state index contributed by atoms with van der Waals surface area (Å²) in [6, 6.07) is 16.2. The van der Waals surface area contributed by atoms with E-state index in [9.17, 15) is 24.9 Å². The molecule has 8 heteroatoms. The van der Waals surface area contributed by atoms with Crippen LogP contribution in [0, 0.1) is 0 Å². The van der Waals surface area contributed by atoms with Gasteiger partial charge in [-0.2, -0.15) is 0 Å². The number of carbonyl (C=O) groups excluding carboxylic acids is 2. The van der Waals surface area contributed by atoms with Gasteiger partial charge in [0.25, 0.3) is 0 Å². The number of ether oxygens (including phenoxy) is 3. The number of aliphatic hydroxyl groups excluding tert-OH is 3. The van der Waals surface area contributed by atoms with Crippen LogP contribution in [0.3, 0.4) is 0 Å². The SMILES string of the molecule is O=C(OC[C@H]1O[C@@H](O)[C@H](OC(=O)c2ccccc2)[C@@H](O)[C@H]1O)c1ccccc1. The second-order valence-electron chi connectivity index (χ2n) is 6.25. The van der Waals surface area contributed by atoms with Crippen LogP contribution in [0.1, 0.15) is 20.7 Å². The maximum atomic E-state index is 12.1. The molecule has 0 spiro atoms. The Kier molecular flexibility index (Phi) is 6.37. The highest BCUT2D eigenvalue weighted by Crippen LogP contribution is 2.24.